The number of aromatic nitrogens is 1. The van der Waals surface area contributed by atoms with Gasteiger partial charge in [-0.2, -0.15) is 0 Å². The molecule has 56 valence electrons. The van der Waals surface area contributed by atoms with Crippen LogP contribution in [0.4, 0.5) is 4.39 Å². The first-order chi connectivity index (χ1) is 5.29. The highest BCUT2D eigenvalue weighted by molar-refractivity contribution is 5.98. The minimum absolute atomic E-state index is 0.0421. The molecule has 0 amide bonds. The number of carbonyl (C=O) groups excluding carboxylic acids is 1. The lowest BCUT2D eigenvalue weighted by molar-refractivity contribution is 0.0990. The van der Waals surface area contributed by atoms with Crippen molar-refractivity contribution in [2.75, 3.05) is 0 Å². The van der Waals surface area contributed by atoms with Crippen LogP contribution >= 0.6 is 0 Å². The molecule has 0 radical (unpaired) electrons. The number of hydrogen-bond acceptors (Lipinski definition) is 2. The molecule has 0 spiro atoms. The van der Waals surface area contributed by atoms with E-state index < -0.39 is 0 Å². The van der Waals surface area contributed by atoms with Gasteiger partial charge < -0.3 is 0 Å². The summed E-state index contributed by atoms with van der Waals surface area (Å²) >= 11 is 0. The summed E-state index contributed by atoms with van der Waals surface area (Å²) in [5.41, 5.74) is 0.808. The van der Waals surface area contributed by atoms with Crippen LogP contribution in [0.1, 0.15) is 22.5 Å². The Kier molecular flexibility index (Phi) is 1.24. The highest BCUT2D eigenvalue weighted by Crippen LogP contribution is 2.21. The summed E-state index contributed by atoms with van der Waals surface area (Å²) in [4.78, 5) is 14.8. The number of fused-ring (bicyclic) bond motifs is 1. The van der Waals surface area contributed by atoms with Crippen LogP contribution in [0.3, 0.4) is 0 Å². The molecular formula is C8H6FNO. The quantitative estimate of drug-likeness (QED) is 0.560. The molecular weight excluding hydrogens is 145 g/mol. The number of ketones is 1. The molecule has 0 atom stereocenters. The predicted octanol–water partition coefficient (Wildman–Crippen LogP) is 1.35. The van der Waals surface area contributed by atoms with E-state index in [0.717, 1.165) is 0 Å². The molecule has 2 nitrogen and oxygen atoms in total. The number of halogens is 1. The fraction of sp³-hybridized carbons (Fsp3) is 0.250. The smallest absolute Gasteiger partial charge is 0.181 e. The molecule has 1 heterocycles. The summed E-state index contributed by atoms with van der Waals surface area (Å²) in [6.07, 6.45) is 2.24. The number of Topliss-reactive ketones (excluding diaryl/α,β-unsaturated/α-hetero) is 1. The van der Waals surface area contributed by atoms with Crippen molar-refractivity contribution in [3.05, 3.63) is 29.3 Å². The Morgan fingerprint density at radius 1 is 1.45 bits per heavy atom. The Morgan fingerprint density at radius 2 is 2.27 bits per heavy atom. The zero-order valence-electron chi connectivity index (χ0n) is 5.80. The van der Waals surface area contributed by atoms with Gasteiger partial charge in [0.15, 0.2) is 5.78 Å². The van der Waals surface area contributed by atoms with Crippen LogP contribution in [0, 0.1) is 5.82 Å². The molecule has 1 aliphatic carbocycles. The second-order valence-electron chi connectivity index (χ2n) is 2.54. The van der Waals surface area contributed by atoms with E-state index in [1.165, 1.54) is 12.3 Å². The molecule has 0 saturated heterocycles. The first-order valence-electron chi connectivity index (χ1n) is 3.45. The zero-order valence-corrected chi connectivity index (χ0v) is 5.80. The van der Waals surface area contributed by atoms with Crippen LogP contribution in [-0.4, -0.2) is 10.8 Å². The Labute approximate surface area is 63.1 Å². The van der Waals surface area contributed by atoms with Gasteiger partial charge in [-0.05, 0) is 12.5 Å². The lowest BCUT2D eigenvalue weighted by Crippen LogP contribution is -1.96. The van der Waals surface area contributed by atoms with Crippen molar-refractivity contribution < 1.29 is 9.18 Å². The van der Waals surface area contributed by atoms with E-state index in [4.69, 9.17) is 0 Å². The third-order valence-electron chi connectivity index (χ3n) is 1.86. The molecule has 0 aliphatic heterocycles. The van der Waals surface area contributed by atoms with Crippen LogP contribution in [0.15, 0.2) is 12.3 Å². The normalized spacial score (nSPS) is 15.2. The van der Waals surface area contributed by atoms with E-state index in [1.54, 1.807) is 0 Å². The maximum absolute atomic E-state index is 12.9. The summed E-state index contributed by atoms with van der Waals surface area (Å²) < 4.78 is 12.9. The van der Waals surface area contributed by atoms with Gasteiger partial charge in [0.05, 0.1) is 0 Å². The average Bonchev–Trinajstić information content (AvgIpc) is 2.35. The van der Waals surface area contributed by atoms with Crippen molar-refractivity contribution in [2.45, 2.75) is 12.8 Å². The number of hydrogen-bond donors (Lipinski definition) is 0. The second-order valence-corrected chi connectivity index (χ2v) is 2.54. The van der Waals surface area contributed by atoms with E-state index in [2.05, 4.69) is 4.98 Å². The lowest BCUT2D eigenvalue weighted by Gasteiger charge is -1.95. The number of rotatable bonds is 0. The molecule has 3 heteroatoms. The summed E-state index contributed by atoms with van der Waals surface area (Å²) in [5.74, 6) is -0.347. The van der Waals surface area contributed by atoms with Crippen molar-refractivity contribution in [3.63, 3.8) is 0 Å². The Balaban J connectivity index is 2.66. The van der Waals surface area contributed by atoms with Crippen molar-refractivity contribution >= 4 is 5.78 Å². The summed E-state index contributed by atoms with van der Waals surface area (Å²) in [7, 11) is 0. The van der Waals surface area contributed by atoms with Gasteiger partial charge in [0.25, 0.3) is 0 Å². The van der Waals surface area contributed by atoms with Crippen molar-refractivity contribution in [1.29, 1.82) is 0 Å². The molecule has 0 bridgehead atoms. The fourth-order valence-electron chi connectivity index (χ4n) is 1.30. The second kappa shape index (κ2) is 2.12. The highest BCUT2D eigenvalue weighted by atomic mass is 19.1. The Morgan fingerprint density at radius 3 is 3.00 bits per heavy atom. The topological polar surface area (TPSA) is 30.0 Å². The van der Waals surface area contributed by atoms with E-state index in [9.17, 15) is 9.18 Å². The van der Waals surface area contributed by atoms with E-state index >= 15 is 0 Å². The van der Waals surface area contributed by atoms with Crippen LogP contribution < -0.4 is 0 Å². The van der Waals surface area contributed by atoms with Gasteiger partial charge in [-0.1, -0.05) is 0 Å². The van der Waals surface area contributed by atoms with Gasteiger partial charge in [0.2, 0.25) is 0 Å². The maximum atomic E-state index is 12.9. The largest absolute Gasteiger partial charge is 0.292 e. The van der Waals surface area contributed by atoms with Crippen LogP contribution in [-0.2, 0) is 6.42 Å². The van der Waals surface area contributed by atoms with E-state index in [1.807, 2.05) is 0 Å². The van der Waals surface area contributed by atoms with Gasteiger partial charge in [-0.3, -0.25) is 9.78 Å². The first-order valence-corrected chi connectivity index (χ1v) is 3.45. The third kappa shape index (κ3) is 0.843. The van der Waals surface area contributed by atoms with Crippen LogP contribution in [0.2, 0.25) is 0 Å². The van der Waals surface area contributed by atoms with Crippen LogP contribution in [0.25, 0.3) is 0 Å². The molecule has 0 unspecified atom stereocenters. The molecule has 11 heavy (non-hydrogen) atoms. The summed E-state index contributed by atoms with van der Waals surface area (Å²) in [6, 6.07) is 1.29. The molecule has 2 rings (SSSR count). The highest BCUT2D eigenvalue weighted by Gasteiger charge is 2.23. The van der Waals surface area contributed by atoms with Gasteiger partial charge >= 0.3 is 0 Å². The third-order valence-corrected chi connectivity index (χ3v) is 1.86. The van der Waals surface area contributed by atoms with Gasteiger partial charge in [0.1, 0.15) is 11.5 Å². The summed E-state index contributed by atoms with van der Waals surface area (Å²) in [6.45, 7) is 0. The number of carbonyl (C=O) groups is 1. The van der Waals surface area contributed by atoms with Crippen molar-refractivity contribution in [3.8, 4) is 0 Å². The Hall–Kier alpha value is -1.25. The molecule has 0 fully saturated rings. The Bertz CT molecular complexity index is 322. The monoisotopic (exact) mass is 151 g/mol. The molecule has 1 aromatic heterocycles. The van der Waals surface area contributed by atoms with E-state index in [0.29, 0.717) is 24.1 Å². The standard InChI is InChI=1S/C8H6FNO/c9-6-3-4-10-8-5(6)1-2-7(8)11/h3-4H,1-2H2. The van der Waals surface area contributed by atoms with Gasteiger partial charge in [0, 0.05) is 18.2 Å². The first kappa shape index (κ1) is 6.46. The lowest BCUT2D eigenvalue weighted by atomic mass is 10.2. The fourth-order valence-corrected chi connectivity index (χ4v) is 1.30. The number of pyridine rings is 1. The van der Waals surface area contributed by atoms with Crippen molar-refractivity contribution in [2.24, 2.45) is 0 Å². The van der Waals surface area contributed by atoms with Crippen LogP contribution in [0.5, 0.6) is 0 Å². The SMILES string of the molecule is O=C1CCc2c(F)ccnc21. The maximum Gasteiger partial charge on any atom is 0.181 e. The summed E-state index contributed by atoms with van der Waals surface area (Å²) in [5, 5.41) is 0. The number of nitrogens with zero attached hydrogens (tertiary/aromatic N) is 1. The average molecular weight is 151 g/mol. The zero-order chi connectivity index (χ0) is 7.84. The molecule has 1 aliphatic rings. The predicted molar refractivity (Wildman–Crippen MR) is 36.8 cm³/mol. The molecule has 1 aromatic rings. The van der Waals surface area contributed by atoms with Gasteiger partial charge in [-0.25, -0.2) is 4.39 Å². The molecule has 0 aromatic carbocycles. The van der Waals surface area contributed by atoms with Gasteiger partial charge in [-0.15, -0.1) is 0 Å². The minimum atomic E-state index is -0.305. The minimum Gasteiger partial charge on any atom is -0.292 e. The molecule has 0 N–H and O–H groups in total. The molecule has 0 saturated carbocycles. The van der Waals surface area contributed by atoms with E-state index in [-0.39, 0.29) is 11.6 Å². The van der Waals surface area contributed by atoms with Crippen molar-refractivity contribution in [1.82, 2.24) is 4.98 Å².